The molecule has 5 N–H and O–H groups in total. The number of carbonyl (C=O) groups excluding carboxylic acids is 2. The Morgan fingerprint density at radius 2 is 1.08 bits per heavy atom. The molecule has 2 amide bonds. The minimum absolute atomic E-state index is 0.0526. The van der Waals surface area contributed by atoms with Gasteiger partial charge in [-0.15, -0.1) is 10.2 Å². The summed E-state index contributed by atoms with van der Waals surface area (Å²) < 4.78 is 74.1. The lowest BCUT2D eigenvalue weighted by Gasteiger charge is -2.37. The fourth-order valence-corrected chi connectivity index (χ4v) is 16.3. The smallest absolute Gasteiger partial charge is 0.351 e. The maximum atomic E-state index is 13.4. The molecule has 37 nitrogen and oxygen atoms in total. The third-order valence-electron chi connectivity index (χ3n) is 20.4. The van der Waals surface area contributed by atoms with Gasteiger partial charge in [-0.05, 0) is 92.5 Å². The number of benzene rings is 2. The van der Waals surface area contributed by atoms with Crippen LogP contribution in [0.3, 0.4) is 0 Å². The van der Waals surface area contributed by atoms with Crippen molar-refractivity contribution in [3.05, 3.63) is 217 Å². The van der Waals surface area contributed by atoms with Crippen LogP contribution in [0.4, 0.5) is 11.6 Å². The third kappa shape index (κ3) is 16.9. The molecule has 0 radical (unpaired) electrons. The number of anilines is 2. The maximum absolute atomic E-state index is 13.4. The number of fused-ring (bicyclic) bond motifs is 4. The van der Waals surface area contributed by atoms with Crippen molar-refractivity contribution in [1.29, 1.82) is 0 Å². The van der Waals surface area contributed by atoms with Crippen molar-refractivity contribution in [1.82, 2.24) is 72.9 Å². The number of aromatic amines is 2. The molecule has 0 saturated carbocycles. The Bertz CT molecular complexity index is 5090. The first kappa shape index (κ1) is 79.3. The van der Waals surface area contributed by atoms with Gasteiger partial charge >= 0.3 is 22.8 Å². The average molecular weight is 1550 g/mol. The number of nitrogens with one attached hydrogen (secondary N) is 4. The zero-order valence-electron chi connectivity index (χ0n) is 62.8. The molecule has 6 aromatic heterocycles. The lowest BCUT2D eigenvalue weighted by Crippen LogP contribution is -2.41. The van der Waals surface area contributed by atoms with E-state index in [-0.39, 0.29) is 101 Å². The van der Waals surface area contributed by atoms with E-state index in [0.29, 0.717) is 57.6 Å². The molecule has 38 heteroatoms. The second-order valence-corrected chi connectivity index (χ2v) is 30.1. The molecule has 12 heterocycles. The first-order valence-electron chi connectivity index (χ1n) is 36.6. The van der Waals surface area contributed by atoms with E-state index in [9.17, 15) is 43.5 Å². The van der Waals surface area contributed by atoms with Crippen molar-refractivity contribution in [2.75, 3.05) is 37.0 Å². The van der Waals surface area contributed by atoms with Crippen LogP contribution in [0.2, 0.25) is 0 Å². The summed E-state index contributed by atoms with van der Waals surface area (Å²) in [5.41, 5.74) is -1.30. The van der Waals surface area contributed by atoms with Crippen LogP contribution in [0.15, 0.2) is 127 Å². The molecule has 4 bridgehead atoms. The van der Waals surface area contributed by atoms with Crippen LogP contribution in [0.25, 0.3) is 4.85 Å². The van der Waals surface area contributed by atoms with Gasteiger partial charge in [0.05, 0.1) is 64.1 Å². The summed E-state index contributed by atoms with van der Waals surface area (Å²) in [5.74, 6) is -0.448. The van der Waals surface area contributed by atoms with Gasteiger partial charge in [0.2, 0.25) is 6.54 Å². The first-order valence-corrected chi connectivity index (χ1v) is 37.8. The highest BCUT2D eigenvalue weighted by Crippen LogP contribution is 2.52. The number of amides is 2. The van der Waals surface area contributed by atoms with Crippen molar-refractivity contribution in [2.45, 2.75) is 218 Å². The molecule has 6 aliphatic heterocycles. The summed E-state index contributed by atoms with van der Waals surface area (Å²) >= 11 is 0. The number of nitrogens with zero attached hydrogens (tertiary/aromatic N) is 14. The van der Waals surface area contributed by atoms with Gasteiger partial charge in [0.15, 0.2) is 12.5 Å². The van der Waals surface area contributed by atoms with Crippen LogP contribution >= 0.6 is 8.53 Å². The van der Waals surface area contributed by atoms with Gasteiger partial charge in [0.1, 0.15) is 89.9 Å². The number of hydrogen-bond acceptors (Lipinski definition) is 26. The number of aromatic nitrogens is 14. The first-order chi connectivity index (χ1) is 53.3. The minimum Gasteiger partial charge on any atom is -0.390 e. The molecule has 6 fully saturated rings. The van der Waals surface area contributed by atoms with Crippen LogP contribution in [-0.4, -0.2) is 188 Å². The van der Waals surface area contributed by atoms with E-state index < -0.39 is 127 Å². The molecule has 0 aliphatic carbocycles. The molecule has 8 aromatic rings. The number of rotatable bonds is 28. The van der Waals surface area contributed by atoms with Crippen LogP contribution in [0, 0.1) is 34.3 Å². The maximum Gasteiger partial charge on any atom is 0.351 e. The number of H-pyrrole nitrogens is 2. The molecular formula is C73H89N18O19P. The Morgan fingerprint density at radius 1 is 0.640 bits per heavy atom. The van der Waals surface area contributed by atoms with Gasteiger partial charge in [-0.25, -0.2) is 39.8 Å². The summed E-state index contributed by atoms with van der Waals surface area (Å²) in [6.45, 7) is 27.5. The van der Waals surface area contributed by atoms with E-state index in [1.165, 1.54) is 35.3 Å². The fourth-order valence-electron chi connectivity index (χ4n) is 14.6. The lowest BCUT2D eigenvalue weighted by molar-refractivity contribution is -0.176. The number of aliphatic hydroxyl groups excluding tert-OH is 1. The Hall–Kier alpha value is -9.78. The SMILES string of the molecule is CC[C@]12CO[C@@H](C1OCc1cn(C[C@H]3O[C@@H](n4cc(C)c(=O)[nH]c4=O)CC3O)nn1)[C@H](n1cc(C)c(NC(=O)c3ccccc3)nc1=O)O2.[C-]#[N+]CCOP(OC1C[C@H](n2cc(C)c(=O)[nH]c2=O)O[C@@H]1Cn1cc(COC2[C@@H]3OC[C@]2(CC)O[C@H]3n2cc(C)c(NC(=O)c3ccccc3)nc2=O)nn1)N(C(C)C)C(C)C. The highest BCUT2D eigenvalue weighted by Gasteiger charge is 2.64. The predicted molar refractivity (Wildman–Crippen MR) is 395 cm³/mol. The fraction of sp³-hybridized carbons (Fsp3) is 0.521. The van der Waals surface area contributed by atoms with Crippen LogP contribution in [0.1, 0.15) is 146 Å². The van der Waals surface area contributed by atoms with Crippen molar-refractivity contribution >= 4 is 32.0 Å². The Kier molecular flexibility index (Phi) is 24.0. The lowest BCUT2D eigenvalue weighted by atomic mass is 9.96. The number of hydrogen-bond donors (Lipinski definition) is 5. The molecule has 15 atom stereocenters. The quantitative estimate of drug-likeness (QED) is 0.0257. The zero-order chi connectivity index (χ0) is 78.7. The molecule has 6 saturated heterocycles. The van der Waals surface area contributed by atoms with Gasteiger partial charge < -0.3 is 67.5 Å². The van der Waals surface area contributed by atoms with E-state index in [0.717, 1.165) is 0 Å². The number of carbonyl (C=O) groups is 2. The Morgan fingerprint density at radius 3 is 1.53 bits per heavy atom. The van der Waals surface area contributed by atoms with Crippen molar-refractivity contribution in [3.63, 3.8) is 0 Å². The van der Waals surface area contributed by atoms with Gasteiger partial charge in [-0.2, -0.15) is 9.97 Å². The zero-order valence-corrected chi connectivity index (χ0v) is 63.7. The molecule has 2 aromatic carbocycles. The summed E-state index contributed by atoms with van der Waals surface area (Å²) in [7, 11) is -1.65. The third-order valence-corrected chi connectivity index (χ3v) is 22.6. The second kappa shape index (κ2) is 33.7. The normalized spacial score (nSPS) is 26.1. The minimum atomic E-state index is -1.65. The van der Waals surface area contributed by atoms with Gasteiger partial charge in [0.25, 0.3) is 31.5 Å². The van der Waals surface area contributed by atoms with Crippen LogP contribution in [0.5, 0.6) is 0 Å². The molecule has 111 heavy (non-hydrogen) atoms. The molecule has 590 valence electrons. The van der Waals surface area contributed by atoms with Crippen molar-refractivity contribution in [3.8, 4) is 0 Å². The Balaban J connectivity index is 0.000000200. The number of aryl methyl sites for hydroxylation is 4. The number of aliphatic hydroxyl groups is 1. The molecule has 5 unspecified atom stereocenters. The van der Waals surface area contributed by atoms with E-state index in [2.05, 4.69) is 60.7 Å². The molecule has 14 rings (SSSR count). The van der Waals surface area contributed by atoms with E-state index in [4.69, 9.17) is 53.5 Å². The van der Waals surface area contributed by atoms with Crippen molar-refractivity contribution in [2.24, 2.45) is 0 Å². The largest absolute Gasteiger partial charge is 0.390 e. The average Bonchev–Trinajstić information content (AvgIpc) is 1.58. The Labute approximate surface area is 635 Å². The summed E-state index contributed by atoms with van der Waals surface area (Å²) in [5, 5.41) is 33.2. The predicted octanol–water partition coefficient (Wildman–Crippen LogP) is 4.43. The second-order valence-electron chi connectivity index (χ2n) is 28.7. The standard InChI is InChI=1S/C41H53N10O10P.C32H36N8O9/c1-9-41-23-57-33(38(60-41)50-18-26(6)35(44-39(50)54)43-37(53)28-13-11-10-12-14-28)34(41)56-22-29-20-48(47-46-29)21-31-30(17-32(59-31)49-19-27(7)36(52)45-40(49)55)61-62(58-16-15-42-8)51(24(2)3)25(4)5;1-4-32-16-47-24(29(49-32)40-11-17(2)26(34-30(40)44)33-28(43)19-8-6-5-7-9-19)25(32)46-15-20-13-38(37-36-20)14-22-21(41)10-23(48-22)39-12-18(3)27(42)35-31(39)45/h10-14,18-20,24-25,30-34,38H,9,15-17,21-23H2,1-7H3,(H,45,52,55)(H,43,44,53,54);5-9,11-13,21-25,29,41H,4,10,14-16H2,1-3H3,(H,35,42,45)(H,33,34,43,44)/t30?,31-,32-,33+,34?,38-,41+,62?;21?,22-,23-,24+,25?,29-,32+/m11/s1. The summed E-state index contributed by atoms with van der Waals surface area (Å²) in [4.78, 5) is 118. The number of ether oxygens (including phenoxy) is 8. The summed E-state index contributed by atoms with van der Waals surface area (Å²) in [6, 6.07) is 17.4. The van der Waals surface area contributed by atoms with Gasteiger partial charge in [-0.3, -0.25) is 47.4 Å². The van der Waals surface area contributed by atoms with E-state index in [1.54, 1.807) is 112 Å². The highest BCUT2D eigenvalue weighted by atomic mass is 31.2. The van der Waals surface area contributed by atoms with E-state index >= 15 is 0 Å². The van der Waals surface area contributed by atoms with Gasteiger partial charge in [-0.1, -0.05) is 60.7 Å². The van der Waals surface area contributed by atoms with Crippen molar-refractivity contribution < 1.29 is 61.6 Å². The van der Waals surface area contributed by atoms with Crippen LogP contribution < -0.4 is 44.5 Å². The van der Waals surface area contributed by atoms with Crippen LogP contribution in [-0.2, 0) is 73.2 Å². The summed E-state index contributed by atoms with van der Waals surface area (Å²) in [6.07, 6.45) is 2.76. The van der Waals surface area contributed by atoms with Gasteiger partial charge in [0, 0.05) is 83.1 Å². The highest BCUT2D eigenvalue weighted by molar-refractivity contribution is 7.44. The molecular weight excluding hydrogens is 1460 g/mol. The monoisotopic (exact) mass is 1550 g/mol. The molecule has 6 aliphatic rings. The topological polar surface area (TPSA) is 419 Å². The van der Waals surface area contributed by atoms with E-state index in [1.807, 2.05) is 47.6 Å². The molecule has 0 spiro atoms.